The lowest BCUT2D eigenvalue weighted by atomic mass is 10.2. The van der Waals surface area contributed by atoms with Crippen molar-refractivity contribution < 1.29 is 0 Å². The van der Waals surface area contributed by atoms with Crippen LogP contribution in [-0.2, 0) is 5.75 Å². The van der Waals surface area contributed by atoms with E-state index in [9.17, 15) is 4.79 Å². The van der Waals surface area contributed by atoms with Gasteiger partial charge in [-0.2, -0.15) is 0 Å². The minimum absolute atomic E-state index is 0.231. The summed E-state index contributed by atoms with van der Waals surface area (Å²) < 4.78 is 0. The van der Waals surface area contributed by atoms with Gasteiger partial charge in [-0.3, -0.25) is 9.78 Å². The number of nitrogens with one attached hydrogen (secondary N) is 1. The normalized spacial score (nSPS) is 10.4. The van der Waals surface area contributed by atoms with Gasteiger partial charge in [0.15, 0.2) is 5.16 Å². The van der Waals surface area contributed by atoms with Crippen LogP contribution in [-0.4, -0.2) is 15.0 Å². The molecule has 0 amide bonds. The number of H-pyrrole nitrogens is 1. The first-order chi connectivity index (χ1) is 8.15. The Morgan fingerprint density at radius 2 is 2.35 bits per heavy atom. The number of aromatic amines is 1. The van der Waals surface area contributed by atoms with Crippen LogP contribution in [0.1, 0.15) is 11.3 Å². The average Bonchev–Trinajstić information content (AvgIpc) is 2.27. The molecule has 0 fully saturated rings. The van der Waals surface area contributed by atoms with E-state index in [1.54, 1.807) is 6.20 Å². The first-order valence-corrected chi connectivity index (χ1v) is 6.04. The summed E-state index contributed by atoms with van der Waals surface area (Å²) in [5, 5.41) is 0.514. The molecule has 0 saturated heterocycles. The monoisotopic (exact) mass is 248 g/mol. The molecule has 0 atom stereocenters. The molecule has 0 aromatic carbocycles. The van der Waals surface area contributed by atoms with E-state index in [1.807, 2.05) is 19.1 Å². The zero-order chi connectivity index (χ0) is 12.3. The molecule has 2 aromatic rings. The second-order valence-corrected chi connectivity index (χ2v) is 4.50. The number of nitrogens with two attached hydrogens (primary N) is 1. The number of aromatic nitrogens is 3. The molecule has 6 heteroatoms. The van der Waals surface area contributed by atoms with Crippen molar-refractivity contribution >= 4 is 17.6 Å². The number of anilines is 1. The Balaban J connectivity index is 2.13. The number of thioether (sulfide) groups is 1. The predicted molar refractivity (Wildman–Crippen MR) is 67.8 cm³/mol. The highest BCUT2D eigenvalue weighted by molar-refractivity contribution is 7.98. The molecule has 2 heterocycles. The first-order valence-electron chi connectivity index (χ1n) is 5.05. The third-order valence-corrected chi connectivity index (χ3v) is 3.09. The molecule has 88 valence electrons. The molecular formula is C11H12N4OS. The van der Waals surface area contributed by atoms with Gasteiger partial charge in [0.05, 0.1) is 5.69 Å². The third kappa shape index (κ3) is 3.07. The quantitative estimate of drug-likeness (QED) is 0.632. The Hall–Kier alpha value is -1.82. The molecule has 2 aromatic heterocycles. The molecule has 0 aliphatic rings. The van der Waals surface area contributed by atoms with Crippen molar-refractivity contribution in [2.24, 2.45) is 0 Å². The lowest BCUT2D eigenvalue weighted by Gasteiger charge is -2.03. The van der Waals surface area contributed by atoms with Gasteiger partial charge in [0, 0.05) is 18.0 Å². The van der Waals surface area contributed by atoms with Crippen molar-refractivity contribution in [2.75, 3.05) is 5.73 Å². The van der Waals surface area contributed by atoms with Crippen molar-refractivity contribution in [3.05, 3.63) is 46.0 Å². The van der Waals surface area contributed by atoms with E-state index in [-0.39, 0.29) is 11.4 Å². The van der Waals surface area contributed by atoms with Crippen LogP contribution in [0.15, 0.2) is 34.3 Å². The van der Waals surface area contributed by atoms with Gasteiger partial charge in [0.1, 0.15) is 5.82 Å². The van der Waals surface area contributed by atoms with Crippen LogP contribution in [0.4, 0.5) is 5.82 Å². The van der Waals surface area contributed by atoms with Gasteiger partial charge in [-0.05, 0) is 18.6 Å². The van der Waals surface area contributed by atoms with Crippen molar-refractivity contribution in [2.45, 2.75) is 17.8 Å². The minimum Gasteiger partial charge on any atom is -0.383 e. The zero-order valence-corrected chi connectivity index (χ0v) is 10.1. The van der Waals surface area contributed by atoms with Crippen LogP contribution in [0.25, 0.3) is 0 Å². The highest BCUT2D eigenvalue weighted by Crippen LogP contribution is 2.19. The SMILES string of the molecule is Cc1cccnc1CSc1nc(N)cc(=O)[nH]1. The molecule has 3 N–H and O–H groups in total. The molecule has 17 heavy (non-hydrogen) atoms. The number of rotatable bonds is 3. The van der Waals surface area contributed by atoms with Gasteiger partial charge in [-0.15, -0.1) is 0 Å². The highest BCUT2D eigenvalue weighted by Gasteiger charge is 2.03. The summed E-state index contributed by atoms with van der Waals surface area (Å²) in [4.78, 5) is 22.1. The lowest BCUT2D eigenvalue weighted by Crippen LogP contribution is -2.09. The Labute approximate surface area is 103 Å². The maximum absolute atomic E-state index is 11.2. The lowest BCUT2D eigenvalue weighted by molar-refractivity contribution is 0.943. The van der Waals surface area contributed by atoms with Gasteiger partial charge in [0.25, 0.3) is 5.56 Å². The summed E-state index contributed by atoms with van der Waals surface area (Å²) in [6.45, 7) is 2.00. The number of nitrogens with zero attached hydrogens (tertiary/aromatic N) is 2. The van der Waals surface area contributed by atoms with Gasteiger partial charge < -0.3 is 10.7 Å². The van der Waals surface area contributed by atoms with Crippen LogP contribution >= 0.6 is 11.8 Å². The Morgan fingerprint density at radius 1 is 1.53 bits per heavy atom. The van der Waals surface area contributed by atoms with E-state index in [2.05, 4.69) is 15.0 Å². The fraction of sp³-hybridized carbons (Fsp3) is 0.182. The van der Waals surface area contributed by atoms with Gasteiger partial charge in [-0.25, -0.2) is 4.98 Å². The van der Waals surface area contributed by atoms with E-state index < -0.39 is 0 Å². The molecule has 0 bridgehead atoms. The maximum atomic E-state index is 11.2. The summed E-state index contributed by atoms with van der Waals surface area (Å²) in [6, 6.07) is 5.15. The highest BCUT2D eigenvalue weighted by atomic mass is 32.2. The summed E-state index contributed by atoms with van der Waals surface area (Å²) in [7, 11) is 0. The van der Waals surface area contributed by atoms with Crippen molar-refractivity contribution in [3.8, 4) is 0 Å². The molecule has 0 unspecified atom stereocenters. The molecule has 0 spiro atoms. The van der Waals surface area contributed by atoms with Crippen molar-refractivity contribution in [1.82, 2.24) is 15.0 Å². The van der Waals surface area contributed by atoms with Crippen molar-refractivity contribution in [1.29, 1.82) is 0 Å². The van der Waals surface area contributed by atoms with Crippen LogP contribution in [0.2, 0.25) is 0 Å². The Morgan fingerprint density at radius 3 is 3.06 bits per heavy atom. The second kappa shape index (κ2) is 5.01. The molecule has 0 saturated carbocycles. The molecule has 0 aliphatic carbocycles. The second-order valence-electron chi connectivity index (χ2n) is 3.53. The van der Waals surface area contributed by atoms with E-state index in [1.165, 1.54) is 17.8 Å². The largest absolute Gasteiger partial charge is 0.383 e. The smallest absolute Gasteiger partial charge is 0.253 e. The predicted octanol–water partition coefficient (Wildman–Crippen LogP) is 1.35. The molecular weight excluding hydrogens is 236 g/mol. The average molecular weight is 248 g/mol. The minimum atomic E-state index is -0.238. The molecule has 5 nitrogen and oxygen atoms in total. The summed E-state index contributed by atoms with van der Waals surface area (Å²) >= 11 is 1.41. The van der Waals surface area contributed by atoms with E-state index in [0.29, 0.717) is 10.9 Å². The van der Waals surface area contributed by atoms with Gasteiger partial charge in [-0.1, -0.05) is 17.8 Å². The van der Waals surface area contributed by atoms with Crippen LogP contribution in [0, 0.1) is 6.92 Å². The number of nitrogen functional groups attached to an aromatic ring is 1. The third-order valence-electron chi connectivity index (χ3n) is 2.20. The number of pyridine rings is 1. The molecule has 2 rings (SSSR count). The number of hydrogen-bond acceptors (Lipinski definition) is 5. The van der Waals surface area contributed by atoms with Crippen LogP contribution < -0.4 is 11.3 Å². The topological polar surface area (TPSA) is 84.7 Å². The van der Waals surface area contributed by atoms with Gasteiger partial charge in [0.2, 0.25) is 0 Å². The summed E-state index contributed by atoms with van der Waals surface area (Å²) in [6.07, 6.45) is 1.75. The summed E-state index contributed by atoms with van der Waals surface area (Å²) in [5.74, 6) is 0.882. The number of hydrogen-bond donors (Lipinski definition) is 2. The Kier molecular flexibility index (Phi) is 3.43. The van der Waals surface area contributed by atoms with E-state index >= 15 is 0 Å². The zero-order valence-electron chi connectivity index (χ0n) is 9.30. The van der Waals surface area contributed by atoms with E-state index in [0.717, 1.165) is 11.3 Å². The van der Waals surface area contributed by atoms with Gasteiger partial charge >= 0.3 is 0 Å². The van der Waals surface area contributed by atoms with Crippen molar-refractivity contribution in [3.63, 3.8) is 0 Å². The number of aryl methyl sites for hydroxylation is 1. The first kappa shape index (κ1) is 11.7. The van der Waals surface area contributed by atoms with Crippen LogP contribution in [0.3, 0.4) is 0 Å². The van der Waals surface area contributed by atoms with E-state index in [4.69, 9.17) is 5.73 Å². The summed E-state index contributed by atoms with van der Waals surface area (Å²) in [5.41, 5.74) is 7.35. The maximum Gasteiger partial charge on any atom is 0.253 e. The molecule has 0 aliphatic heterocycles. The fourth-order valence-electron chi connectivity index (χ4n) is 1.33. The Bertz CT molecular complexity index is 582. The fourth-order valence-corrected chi connectivity index (χ4v) is 2.25. The molecule has 0 radical (unpaired) electrons. The van der Waals surface area contributed by atoms with Crippen LogP contribution in [0.5, 0.6) is 0 Å². The standard InChI is InChI=1S/C11H12N4OS/c1-7-3-2-4-13-8(7)6-17-11-14-9(12)5-10(16)15-11/h2-5H,6H2,1H3,(H3,12,14,15,16).